The molecule has 3 heteroatoms. The van der Waals surface area contributed by atoms with Crippen LogP contribution in [0.4, 0.5) is 0 Å². The molecule has 2 heterocycles. The minimum Gasteiger partial charge on any atom is -0.264 e. The van der Waals surface area contributed by atoms with Crippen LogP contribution in [-0.4, -0.2) is 9.97 Å². The lowest BCUT2D eigenvalue weighted by atomic mass is 10.0. The summed E-state index contributed by atoms with van der Waals surface area (Å²) in [5.74, 6) is 0.453. The molecule has 0 N–H and O–H groups in total. The first-order valence-corrected chi connectivity index (χ1v) is 5.52. The van der Waals surface area contributed by atoms with Crippen LogP contribution in [0, 0.1) is 11.3 Å². The quantitative estimate of drug-likeness (QED) is 0.785. The van der Waals surface area contributed by atoms with Gasteiger partial charge in [0.15, 0.2) is 0 Å². The number of aromatic nitrogens is 2. The Labute approximate surface area is 101 Å². The Morgan fingerprint density at radius 2 is 1.94 bits per heavy atom. The molecule has 0 aliphatic carbocycles. The first-order chi connectivity index (χ1) is 8.20. The maximum Gasteiger partial charge on any atom is 0.140 e. The zero-order valence-electron chi connectivity index (χ0n) is 9.88. The molecule has 84 valence electrons. The van der Waals surface area contributed by atoms with Crippen LogP contribution < -0.4 is 0 Å². The van der Waals surface area contributed by atoms with Crippen LogP contribution in [0.1, 0.15) is 31.0 Å². The van der Waals surface area contributed by atoms with E-state index in [1.54, 1.807) is 12.3 Å². The van der Waals surface area contributed by atoms with Crippen LogP contribution in [0.3, 0.4) is 0 Å². The van der Waals surface area contributed by atoms with Crippen molar-refractivity contribution in [1.82, 2.24) is 9.97 Å². The summed E-state index contributed by atoms with van der Waals surface area (Å²) in [4.78, 5) is 8.29. The highest BCUT2D eigenvalue weighted by molar-refractivity contribution is 5.62. The van der Waals surface area contributed by atoms with Crippen LogP contribution in [0.25, 0.3) is 11.1 Å². The summed E-state index contributed by atoms with van der Waals surface area (Å²) >= 11 is 0. The molecule has 0 fully saturated rings. The number of hydrogen-bond acceptors (Lipinski definition) is 3. The van der Waals surface area contributed by atoms with Gasteiger partial charge in [0.05, 0.1) is 0 Å². The van der Waals surface area contributed by atoms with Gasteiger partial charge in [-0.25, -0.2) is 4.98 Å². The van der Waals surface area contributed by atoms with Gasteiger partial charge in [-0.3, -0.25) is 4.98 Å². The van der Waals surface area contributed by atoms with Gasteiger partial charge in [-0.2, -0.15) is 5.26 Å². The van der Waals surface area contributed by atoms with Gasteiger partial charge in [0.1, 0.15) is 11.8 Å². The van der Waals surface area contributed by atoms with E-state index < -0.39 is 0 Å². The molecular weight excluding hydrogens is 210 g/mol. The van der Waals surface area contributed by atoms with E-state index in [0.29, 0.717) is 11.6 Å². The molecule has 0 aromatic carbocycles. The fraction of sp³-hybridized carbons (Fsp3) is 0.214. The van der Waals surface area contributed by atoms with Crippen molar-refractivity contribution in [3.05, 3.63) is 48.0 Å². The predicted molar refractivity (Wildman–Crippen MR) is 66.3 cm³/mol. The minimum atomic E-state index is 0.432. The third kappa shape index (κ3) is 2.48. The molecule has 2 aromatic rings. The van der Waals surface area contributed by atoms with Gasteiger partial charge in [0, 0.05) is 29.7 Å². The standard InChI is InChI=1S/C14H13N3/c1-10(2)12-5-13(8-16-7-12)11-3-4-14(6-15)17-9-11/h3-5,7-10H,1-2H3. The lowest BCUT2D eigenvalue weighted by Gasteiger charge is -2.07. The average molecular weight is 223 g/mol. The normalized spacial score (nSPS) is 10.2. The zero-order chi connectivity index (χ0) is 12.3. The van der Waals surface area contributed by atoms with Gasteiger partial charge in [0.25, 0.3) is 0 Å². The molecular formula is C14H13N3. The van der Waals surface area contributed by atoms with Crippen molar-refractivity contribution >= 4 is 0 Å². The maximum absolute atomic E-state index is 8.69. The number of rotatable bonds is 2. The molecule has 0 saturated heterocycles. The lowest BCUT2D eigenvalue weighted by molar-refractivity contribution is 0.859. The molecule has 2 rings (SSSR count). The second-order valence-corrected chi connectivity index (χ2v) is 4.21. The summed E-state index contributed by atoms with van der Waals surface area (Å²) in [6.07, 6.45) is 5.40. The summed E-state index contributed by atoms with van der Waals surface area (Å²) in [5.41, 5.74) is 3.65. The Morgan fingerprint density at radius 1 is 1.12 bits per heavy atom. The van der Waals surface area contributed by atoms with Crippen LogP contribution in [-0.2, 0) is 0 Å². The summed E-state index contributed by atoms with van der Waals surface area (Å²) in [5, 5.41) is 8.69. The SMILES string of the molecule is CC(C)c1cncc(-c2ccc(C#N)nc2)c1. The molecule has 0 saturated carbocycles. The fourth-order valence-electron chi connectivity index (χ4n) is 1.56. The van der Waals surface area contributed by atoms with Crippen molar-refractivity contribution in [2.45, 2.75) is 19.8 Å². The largest absolute Gasteiger partial charge is 0.264 e. The highest BCUT2D eigenvalue weighted by atomic mass is 14.7. The first kappa shape index (κ1) is 11.3. The third-order valence-electron chi connectivity index (χ3n) is 2.64. The minimum absolute atomic E-state index is 0.432. The smallest absolute Gasteiger partial charge is 0.140 e. The van der Waals surface area contributed by atoms with E-state index in [4.69, 9.17) is 5.26 Å². The molecule has 0 unspecified atom stereocenters. The van der Waals surface area contributed by atoms with Crippen molar-refractivity contribution in [2.75, 3.05) is 0 Å². The van der Waals surface area contributed by atoms with Crippen LogP contribution >= 0.6 is 0 Å². The predicted octanol–water partition coefficient (Wildman–Crippen LogP) is 3.14. The lowest BCUT2D eigenvalue weighted by Crippen LogP contribution is -1.91. The van der Waals surface area contributed by atoms with Crippen LogP contribution in [0.5, 0.6) is 0 Å². The molecule has 0 spiro atoms. The van der Waals surface area contributed by atoms with Gasteiger partial charge in [0.2, 0.25) is 0 Å². The average Bonchev–Trinajstić information content (AvgIpc) is 2.39. The van der Waals surface area contributed by atoms with Crippen molar-refractivity contribution < 1.29 is 0 Å². The van der Waals surface area contributed by atoms with Crippen molar-refractivity contribution in [2.24, 2.45) is 0 Å². The van der Waals surface area contributed by atoms with Gasteiger partial charge >= 0.3 is 0 Å². The first-order valence-electron chi connectivity index (χ1n) is 5.52. The Kier molecular flexibility index (Phi) is 3.15. The molecule has 0 amide bonds. The molecule has 3 nitrogen and oxygen atoms in total. The van der Waals surface area contributed by atoms with Gasteiger partial charge < -0.3 is 0 Å². The van der Waals surface area contributed by atoms with E-state index in [1.807, 2.05) is 24.5 Å². The number of nitriles is 1. The summed E-state index contributed by atoms with van der Waals surface area (Å²) in [7, 11) is 0. The van der Waals surface area contributed by atoms with Crippen LogP contribution in [0.2, 0.25) is 0 Å². The second-order valence-electron chi connectivity index (χ2n) is 4.21. The molecule has 0 bridgehead atoms. The Bertz CT molecular complexity index is 550. The van der Waals surface area contributed by atoms with Crippen molar-refractivity contribution in [1.29, 1.82) is 5.26 Å². The molecule has 17 heavy (non-hydrogen) atoms. The van der Waals surface area contributed by atoms with Crippen molar-refractivity contribution in [3.8, 4) is 17.2 Å². The van der Waals surface area contributed by atoms with E-state index in [0.717, 1.165) is 11.1 Å². The molecule has 0 radical (unpaired) electrons. The Balaban J connectivity index is 2.39. The monoisotopic (exact) mass is 223 g/mol. The van der Waals surface area contributed by atoms with E-state index in [2.05, 4.69) is 29.9 Å². The molecule has 0 atom stereocenters. The zero-order valence-corrected chi connectivity index (χ0v) is 9.88. The number of pyridine rings is 2. The second kappa shape index (κ2) is 4.75. The van der Waals surface area contributed by atoms with E-state index in [-0.39, 0.29) is 0 Å². The topological polar surface area (TPSA) is 49.6 Å². The number of nitrogens with zero attached hydrogens (tertiary/aromatic N) is 3. The van der Waals surface area contributed by atoms with Gasteiger partial charge in [-0.15, -0.1) is 0 Å². The van der Waals surface area contributed by atoms with E-state index in [1.165, 1.54) is 5.56 Å². The van der Waals surface area contributed by atoms with Crippen LogP contribution in [0.15, 0.2) is 36.8 Å². The Morgan fingerprint density at radius 3 is 2.53 bits per heavy atom. The van der Waals surface area contributed by atoms with E-state index in [9.17, 15) is 0 Å². The fourth-order valence-corrected chi connectivity index (χ4v) is 1.56. The highest BCUT2D eigenvalue weighted by Gasteiger charge is 2.03. The maximum atomic E-state index is 8.69. The molecule has 2 aromatic heterocycles. The Hall–Kier alpha value is -2.21. The van der Waals surface area contributed by atoms with Crippen molar-refractivity contribution in [3.63, 3.8) is 0 Å². The molecule has 0 aliphatic heterocycles. The van der Waals surface area contributed by atoms with E-state index >= 15 is 0 Å². The number of hydrogen-bond donors (Lipinski definition) is 0. The summed E-state index contributed by atoms with van der Waals surface area (Å²) in [6, 6.07) is 7.74. The van der Waals surface area contributed by atoms with Gasteiger partial charge in [-0.1, -0.05) is 13.8 Å². The third-order valence-corrected chi connectivity index (χ3v) is 2.64. The molecule has 0 aliphatic rings. The van der Waals surface area contributed by atoms with Gasteiger partial charge in [-0.05, 0) is 29.7 Å². The summed E-state index contributed by atoms with van der Waals surface area (Å²) in [6.45, 7) is 4.27. The highest BCUT2D eigenvalue weighted by Crippen LogP contribution is 2.22. The summed E-state index contributed by atoms with van der Waals surface area (Å²) < 4.78 is 0.